The van der Waals surface area contributed by atoms with E-state index in [1.807, 2.05) is 24.3 Å². The molecule has 0 N–H and O–H groups in total. The molecular formula is C12H6Br2O. The molecule has 0 fully saturated rings. The van der Waals surface area contributed by atoms with Crippen molar-refractivity contribution in [2.24, 2.45) is 0 Å². The highest BCUT2D eigenvalue weighted by molar-refractivity contribution is 9.10. The molecule has 1 heterocycles. The van der Waals surface area contributed by atoms with Crippen LogP contribution in [-0.4, -0.2) is 0 Å². The second-order valence-electron chi connectivity index (χ2n) is 3.38. The third-order valence-electron chi connectivity index (χ3n) is 2.40. The highest BCUT2D eigenvalue weighted by Gasteiger charge is 2.06. The Bertz CT molecular complexity index is 655. The van der Waals surface area contributed by atoms with Gasteiger partial charge in [0.2, 0.25) is 0 Å². The van der Waals surface area contributed by atoms with E-state index in [4.69, 9.17) is 4.42 Å². The van der Waals surface area contributed by atoms with E-state index in [-0.39, 0.29) is 0 Å². The fraction of sp³-hybridized carbons (Fsp3) is 0. The second-order valence-corrected chi connectivity index (χ2v) is 5.21. The first-order valence-electron chi connectivity index (χ1n) is 4.51. The summed E-state index contributed by atoms with van der Waals surface area (Å²) < 4.78 is 7.84. The Morgan fingerprint density at radius 2 is 1.47 bits per heavy atom. The molecule has 3 rings (SSSR count). The Hall–Kier alpha value is -0.800. The van der Waals surface area contributed by atoms with Crippen molar-refractivity contribution in [3.8, 4) is 0 Å². The minimum atomic E-state index is 0.914. The third-order valence-corrected chi connectivity index (χ3v) is 3.38. The lowest BCUT2D eigenvalue weighted by molar-refractivity contribution is 0.668. The normalized spacial score (nSPS) is 11.3. The molecule has 0 atom stereocenters. The van der Waals surface area contributed by atoms with Gasteiger partial charge in [0.1, 0.15) is 11.2 Å². The van der Waals surface area contributed by atoms with Gasteiger partial charge in [0.05, 0.1) is 0 Å². The number of fused-ring (bicyclic) bond motifs is 3. The van der Waals surface area contributed by atoms with Crippen molar-refractivity contribution in [3.63, 3.8) is 0 Å². The zero-order chi connectivity index (χ0) is 10.4. The molecule has 3 aromatic rings. The Balaban J connectivity index is 2.53. The lowest BCUT2D eigenvalue weighted by atomic mass is 10.2. The van der Waals surface area contributed by atoms with Crippen molar-refractivity contribution in [2.75, 3.05) is 0 Å². The van der Waals surface area contributed by atoms with Gasteiger partial charge in [-0.2, -0.15) is 0 Å². The second kappa shape index (κ2) is 3.35. The fourth-order valence-corrected chi connectivity index (χ4v) is 2.42. The summed E-state index contributed by atoms with van der Waals surface area (Å²) in [6.45, 7) is 0. The monoisotopic (exact) mass is 324 g/mol. The van der Waals surface area contributed by atoms with E-state index in [0.717, 1.165) is 30.9 Å². The summed E-state index contributed by atoms with van der Waals surface area (Å²) in [6, 6.07) is 12.1. The summed E-state index contributed by atoms with van der Waals surface area (Å²) in [5, 5.41) is 2.29. The molecule has 1 aromatic heterocycles. The van der Waals surface area contributed by atoms with Crippen molar-refractivity contribution in [2.45, 2.75) is 0 Å². The van der Waals surface area contributed by atoms with E-state index >= 15 is 0 Å². The van der Waals surface area contributed by atoms with E-state index in [1.165, 1.54) is 0 Å². The summed E-state index contributed by atoms with van der Waals surface area (Å²) in [5.74, 6) is 0. The molecule has 0 unspecified atom stereocenters. The SMILES string of the molecule is Brc1ccc2c(c1)oc1ccc(Br)cc12. The summed E-state index contributed by atoms with van der Waals surface area (Å²) in [4.78, 5) is 0. The molecule has 0 aliphatic rings. The van der Waals surface area contributed by atoms with Crippen LogP contribution in [0.15, 0.2) is 49.8 Å². The quantitative estimate of drug-likeness (QED) is 0.559. The topological polar surface area (TPSA) is 13.1 Å². The van der Waals surface area contributed by atoms with Crippen LogP contribution >= 0.6 is 31.9 Å². The van der Waals surface area contributed by atoms with Crippen molar-refractivity contribution < 1.29 is 4.42 Å². The Kier molecular flexibility index (Phi) is 2.11. The van der Waals surface area contributed by atoms with E-state index in [2.05, 4.69) is 44.0 Å². The first-order valence-corrected chi connectivity index (χ1v) is 6.10. The molecule has 3 heteroatoms. The Morgan fingerprint density at radius 1 is 0.733 bits per heavy atom. The van der Waals surface area contributed by atoms with E-state index < -0.39 is 0 Å². The van der Waals surface area contributed by atoms with Crippen LogP contribution < -0.4 is 0 Å². The maximum atomic E-state index is 5.74. The third kappa shape index (κ3) is 1.50. The van der Waals surface area contributed by atoms with Gasteiger partial charge in [0, 0.05) is 19.7 Å². The molecule has 0 saturated carbocycles. The summed E-state index contributed by atoms with van der Waals surface area (Å²) in [5.41, 5.74) is 1.84. The largest absolute Gasteiger partial charge is 0.456 e. The number of furan rings is 1. The minimum absolute atomic E-state index is 0.914. The van der Waals surface area contributed by atoms with E-state index in [0.29, 0.717) is 0 Å². The van der Waals surface area contributed by atoms with Gasteiger partial charge in [0.15, 0.2) is 0 Å². The van der Waals surface area contributed by atoms with Crippen LogP contribution in [0.2, 0.25) is 0 Å². The number of benzene rings is 2. The number of halogens is 2. The maximum absolute atomic E-state index is 5.74. The van der Waals surface area contributed by atoms with Gasteiger partial charge < -0.3 is 4.42 Å². The zero-order valence-electron chi connectivity index (χ0n) is 7.63. The molecule has 74 valence electrons. The maximum Gasteiger partial charge on any atom is 0.136 e. The lowest BCUT2D eigenvalue weighted by Crippen LogP contribution is -1.67. The van der Waals surface area contributed by atoms with Crippen molar-refractivity contribution >= 4 is 53.8 Å². The standard InChI is InChI=1S/C12H6Br2O/c13-7-2-4-11-10(5-7)9-3-1-8(14)6-12(9)15-11/h1-6H. The molecule has 15 heavy (non-hydrogen) atoms. The Labute approximate surface area is 103 Å². The highest BCUT2D eigenvalue weighted by Crippen LogP contribution is 2.32. The summed E-state index contributed by atoms with van der Waals surface area (Å²) in [7, 11) is 0. The number of rotatable bonds is 0. The minimum Gasteiger partial charge on any atom is -0.456 e. The van der Waals surface area contributed by atoms with Gasteiger partial charge >= 0.3 is 0 Å². The van der Waals surface area contributed by atoms with Gasteiger partial charge in [0.25, 0.3) is 0 Å². The Morgan fingerprint density at radius 3 is 2.33 bits per heavy atom. The van der Waals surface area contributed by atoms with Gasteiger partial charge in [-0.15, -0.1) is 0 Å². The first kappa shape index (κ1) is 9.43. The highest BCUT2D eigenvalue weighted by atomic mass is 79.9. The van der Waals surface area contributed by atoms with Crippen LogP contribution in [-0.2, 0) is 0 Å². The molecule has 0 aliphatic heterocycles. The van der Waals surface area contributed by atoms with Crippen LogP contribution in [0.4, 0.5) is 0 Å². The molecular weight excluding hydrogens is 320 g/mol. The summed E-state index contributed by atoms with van der Waals surface area (Å²) >= 11 is 6.90. The molecule has 2 aromatic carbocycles. The molecule has 1 nitrogen and oxygen atoms in total. The van der Waals surface area contributed by atoms with E-state index in [1.54, 1.807) is 0 Å². The van der Waals surface area contributed by atoms with Crippen molar-refractivity contribution in [3.05, 3.63) is 45.3 Å². The molecule has 0 spiro atoms. The smallest absolute Gasteiger partial charge is 0.136 e. The van der Waals surface area contributed by atoms with Crippen LogP contribution in [0.25, 0.3) is 21.9 Å². The predicted molar refractivity (Wildman–Crippen MR) is 69.1 cm³/mol. The predicted octanol–water partition coefficient (Wildman–Crippen LogP) is 5.11. The summed E-state index contributed by atoms with van der Waals surface area (Å²) in [6.07, 6.45) is 0. The van der Waals surface area contributed by atoms with Crippen molar-refractivity contribution in [1.82, 2.24) is 0 Å². The number of hydrogen-bond donors (Lipinski definition) is 0. The average Bonchev–Trinajstić information content (AvgIpc) is 2.54. The van der Waals surface area contributed by atoms with Gasteiger partial charge in [-0.3, -0.25) is 0 Å². The molecule has 0 bridgehead atoms. The lowest BCUT2D eigenvalue weighted by Gasteiger charge is -1.90. The van der Waals surface area contributed by atoms with Gasteiger partial charge in [-0.05, 0) is 36.4 Å². The molecule has 0 amide bonds. The zero-order valence-corrected chi connectivity index (χ0v) is 10.8. The number of hydrogen-bond acceptors (Lipinski definition) is 1. The van der Waals surface area contributed by atoms with E-state index in [9.17, 15) is 0 Å². The van der Waals surface area contributed by atoms with Crippen LogP contribution in [0, 0.1) is 0 Å². The van der Waals surface area contributed by atoms with Gasteiger partial charge in [-0.1, -0.05) is 31.9 Å². The van der Waals surface area contributed by atoms with Gasteiger partial charge in [-0.25, -0.2) is 0 Å². The van der Waals surface area contributed by atoms with Crippen molar-refractivity contribution in [1.29, 1.82) is 0 Å². The van der Waals surface area contributed by atoms with Crippen LogP contribution in [0.5, 0.6) is 0 Å². The van der Waals surface area contributed by atoms with Crippen LogP contribution in [0.1, 0.15) is 0 Å². The fourth-order valence-electron chi connectivity index (χ4n) is 1.72. The molecule has 0 aliphatic carbocycles. The average molecular weight is 326 g/mol. The van der Waals surface area contributed by atoms with Crippen LogP contribution in [0.3, 0.4) is 0 Å². The molecule has 0 saturated heterocycles. The molecule has 0 radical (unpaired) electrons. The first-order chi connectivity index (χ1) is 7.24.